The lowest BCUT2D eigenvalue weighted by atomic mass is 10.1. The van der Waals surface area contributed by atoms with Gasteiger partial charge >= 0.3 is 0 Å². The van der Waals surface area contributed by atoms with Gasteiger partial charge in [-0.3, -0.25) is 0 Å². The second kappa shape index (κ2) is 12.3. The Hall–Kier alpha value is -2.38. The number of sulfone groups is 1. The Morgan fingerprint density at radius 3 is 2.33 bits per heavy atom. The quantitative estimate of drug-likeness (QED) is 0.324. The van der Waals surface area contributed by atoms with Gasteiger partial charge in [0, 0.05) is 26.0 Å². The van der Waals surface area contributed by atoms with E-state index in [-0.39, 0.29) is 11.9 Å². The monoisotopic (exact) mass is 431 g/mol. The van der Waals surface area contributed by atoms with Crippen molar-refractivity contribution in [2.45, 2.75) is 38.7 Å². The number of nitrogens with zero attached hydrogens (tertiary/aromatic N) is 1. The predicted octanol–water partition coefficient (Wildman–Crippen LogP) is 3.45. The molecule has 0 bridgehead atoms. The summed E-state index contributed by atoms with van der Waals surface area (Å²) >= 11 is 0. The molecule has 2 N–H and O–H groups in total. The van der Waals surface area contributed by atoms with E-state index in [1.807, 2.05) is 49.4 Å². The van der Waals surface area contributed by atoms with Crippen LogP contribution in [-0.4, -0.2) is 40.3 Å². The molecule has 0 radical (unpaired) electrons. The van der Waals surface area contributed by atoms with Crippen LogP contribution in [0.15, 0.2) is 59.6 Å². The smallest absolute Gasteiger partial charge is 0.191 e. The zero-order valence-corrected chi connectivity index (χ0v) is 18.9. The normalized spacial score (nSPS) is 13.1. The second-order valence-corrected chi connectivity index (χ2v) is 9.43. The van der Waals surface area contributed by atoms with Gasteiger partial charge in [0.1, 0.15) is 0 Å². The fourth-order valence-electron chi connectivity index (χ4n) is 2.92. The Kier molecular flexibility index (Phi) is 9.83. The number of nitrogens with one attached hydrogen (secondary N) is 2. The van der Waals surface area contributed by atoms with Gasteiger partial charge in [-0.2, -0.15) is 0 Å². The Labute approximate surface area is 180 Å². The molecule has 2 aromatic rings. The average molecular weight is 432 g/mol. The standard InChI is InChI=1S/C23H33N3O3S/c1-4-24-23(25-15-8-16-29-19(2)22-9-6-5-7-10-22)26-17-20-11-13-21(14-12-20)18-30(3,27)28/h5-7,9-14,19H,4,8,15-18H2,1-3H3,(H2,24,25,26). The van der Waals surface area contributed by atoms with Crippen molar-refractivity contribution in [1.29, 1.82) is 0 Å². The minimum atomic E-state index is -3.02. The summed E-state index contributed by atoms with van der Waals surface area (Å²) in [6.07, 6.45) is 2.20. The summed E-state index contributed by atoms with van der Waals surface area (Å²) in [6, 6.07) is 17.7. The molecule has 0 amide bonds. The van der Waals surface area contributed by atoms with Gasteiger partial charge in [0.15, 0.2) is 15.8 Å². The number of benzene rings is 2. The number of guanidine groups is 1. The Morgan fingerprint density at radius 2 is 1.70 bits per heavy atom. The summed E-state index contributed by atoms with van der Waals surface area (Å²) < 4.78 is 28.7. The van der Waals surface area contributed by atoms with Crippen LogP contribution < -0.4 is 10.6 Å². The van der Waals surface area contributed by atoms with Crippen LogP contribution in [0.4, 0.5) is 0 Å². The number of aliphatic imine (C=N–C) groups is 1. The molecule has 6 nitrogen and oxygen atoms in total. The van der Waals surface area contributed by atoms with Crippen LogP contribution in [0.3, 0.4) is 0 Å². The Balaban J connectivity index is 1.76. The molecule has 0 aliphatic heterocycles. The van der Waals surface area contributed by atoms with E-state index < -0.39 is 9.84 Å². The lowest BCUT2D eigenvalue weighted by Crippen LogP contribution is -2.38. The lowest BCUT2D eigenvalue weighted by Gasteiger charge is -2.14. The third-order valence-electron chi connectivity index (χ3n) is 4.47. The van der Waals surface area contributed by atoms with Gasteiger partial charge in [-0.25, -0.2) is 13.4 Å². The summed E-state index contributed by atoms with van der Waals surface area (Å²) in [6.45, 7) is 6.83. The van der Waals surface area contributed by atoms with E-state index in [9.17, 15) is 8.42 Å². The first-order chi connectivity index (χ1) is 14.4. The van der Waals surface area contributed by atoms with Crippen LogP contribution >= 0.6 is 0 Å². The summed E-state index contributed by atoms with van der Waals surface area (Å²) in [7, 11) is -3.02. The molecule has 0 spiro atoms. The maximum absolute atomic E-state index is 11.4. The molecule has 0 aliphatic carbocycles. The van der Waals surface area contributed by atoms with Crippen molar-refractivity contribution < 1.29 is 13.2 Å². The van der Waals surface area contributed by atoms with E-state index >= 15 is 0 Å². The molecule has 0 fully saturated rings. The third kappa shape index (κ3) is 9.41. The van der Waals surface area contributed by atoms with Gasteiger partial charge in [0.05, 0.1) is 18.4 Å². The van der Waals surface area contributed by atoms with Crippen molar-refractivity contribution >= 4 is 15.8 Å². The third-order valence-corrected chi connectivity index (χ3v) is 5.32. The molecule has 7 heteroatoms. The van der Waals surface area contributed by atoms with Gasteiger partial charge < -0.3 is 15.4 Å². The molecule has 2 rings (SSSR count). The van der Waals surface area contributed by atoms with Crippen molar-refractivity contribution in [3.05, 3.63) is 71.3 Å². The van der Waals surface area contributed by atoms with E-state index in [1.54, 1.807) is 0 Å². The van der Waals surface area contributed by atoms with Gasteiger partial charge in [0.2, 0.25) is 0 Å². The second-order valence-electron chi connectivity index (χ2n) is 7.29. The highest BCUT2D eigenvalue weighted by Gasteiger charge is 2.05. The SMILES string of the molecule is CCNC(=NCc1ccc(CS(C)(=O)=O)cc1)NCCCOC(C)c1ccccc1. The van der Waals surface area contributed by atoms with E-state index in [0.29, 0.717) is 13.2 Å². The Bertz CT molecular complexity index is 882. The fraction of sp³-hybridized carbons (Fsp3) is 0.435. The average Bonchev–Trinajstić information content (AvgIpc) is 2.72. The summed E-state index contributed by atoms with van der Waals surface area (Å²) in [5.41, 5.74) is 3.01. The molecular formula is C23H33N3O3S. The van der Waals surface area contributed by atoms with Crippen LogP contribution in [0.1, 0.15) is 43.1 Å². The van der Waals surface area contributed by atoms with Crippen LogP contribution in [0, 0.1) is 0 Å². The van der Waals surface area contributed by atoms with Gasteiger partial charge in [-0.05, 0) is 37.0 Å². The number of hydrogen-bond donors (Lipinski definition) is 2. The van der Waals surface area contributed by atoms with E-state index in [2.05, 4.69) is 34.7 Å². The van der Waals surface area contributed by atoms with E-state index in [0.717, 1.165) is 36.6 Å². The van der Waals surface area contributed by atoms with Gasteiger partial charge in [-0.15, -0.1) is 0 Å². The highest BCUT2D eigenvalue weighted by atomic mass is 32.2. The predicted molar refractivity (Wildman–Crippen MR) is 123 cm³/mol. The summed E-state index contributed by atoms with van der Waals surface area (Å²) in [4.78, 5) is 4.60. The topological polar surface area (TPSA) is 79.8 Å². The highest BCUT2D eigenvalue weighted by Crippen LogP contribution is 2.15. The summed E-state index contributed by atoms with van der Waals surface area (Å²) in [5.74, 6) is 0.819. The van der Waals surface area contributed by atoms with Crippen LogP contribution in [0.5, 0.6) is 0 Å². The van der Waals surface area contributed by atoms with Crippen molar-refractivity contribution in [3.63, 3.8) is 0 Å². The zero-order chi connectivity index (χ0) is 21.8. The largest absolute Gasteiger partial charge is 0.374 e. The number of rotatable bonds is 11. The van der Waals surface area contributed by atoms with Crippen molar-refractivity contribution in [1.82, 2.24) is 10.6 Å². The minimum absolute atomic E-state index is 0.0612. The number of ether oxygens (including phenoxy) is 1. The van der Waals surface area contributed by atoms with Crippen LogP contribution in [0.25, 0.3) is 0 Å². The fourth-order valence-corrected chi connectivity index (χ4v) is 3.71. The minimum Gasteiger partial charge on any atom is -0.374 e. The van der Waals surface area contributed by atoms with E-state index in [4.69, 9.17) is 4.74 Å². The van der Waals surface area contributed by atoms with Crippen molar-refractivity contribution in [3.8, 4) is 0 Å². The molecule has 2 aromatic carbocycles. The molecule has 1 unspecified atom stereocenters. The van der Waals surface area contributed by atoms with Crippen molar-refractivity contribution in [2.24, 2.45) is 4.99 Å². The van der Waals surface area contributed by atoms with Crippen LogP contribution in [0.2, 0.25) is 0 Å². The molecule has 0 aromatic heterocycles. The maximum atomic E-state index is 11.4. The van der Waals surface area contributed by atoms with Crippen molar-refractivity contribution in [2.75, 3.05) is 26.0 Å². The first-order valence-electron chi connectivity index (χ1n) is 10.3. The molecule has 0 saturated heterocycles. The summed E-state index contributed by atoms with van der Waals surface area (Å²) in [5, 5.41) is 6.57. The lowest BCUT2D eigenvalue weighted by molar-refractivity contribution is 0.0646. The maximum Gasteiger partial charge on any atom is 0.191 e. The zero-order valence-electron chi connectivity index (χ0n) is 18.1. The Morgan fingerprint density at radius 1 is 1.03 bits per heavy atom. The van der Waals surface area contributed by atoms with E-state index in [1.165, 1.54) is 11.8 Å². The first kappa shape index (κ1) is 23.9. The van der Waals surface area contributed by atoms with Gasteiger partial charge in [0.25, 0.3) is 0 Å². The first-order valence-corrected chi connectivity index (χ1v) is 12.4. The molecule has 30 heavy (non-hydrogen) atoms. The van der Waals surface area contributed by atoms with Crippen LogP contribution in [-0.2, 0) is 26.9 Å². The molecule has 0 saturated carbocycles. The molecular weight excluding hydrogens is 398 g/mol. The molecule has 1 atom stereocenters. The van der Waals surface area contributed by atoms with Gasteiger partial charge in [-0.1, -0.05) is 54.6 Å². The molecule has 0 heterocycles. The number of hydrogen-bond acceptors (Lipinski definition) is 4. The highest BCUT2D eigenvalue weighted by molar-refractivity contribution is 7.89. The molecule has 164 valence electrons. The molecule has 0 aliphatic rings.